The van der Waals surface area contributed by atoms with Crippen LogP contribution in [0, 0.1) is 0 Å². The third-order valence-electron chi connectivity index (χ3n) is 2.95. The molecule has 0 spiro atoms. The molecule has 0 N–H and O–H groups in total. The summed E-state index contributed by atoms with van der Waals surface area (Å²) in [5.74, 6) is -0.252. The fourth-order valence-corrected chi connectivity index (χ4v) is 2.12. The Balaban J connectivity index is 2.29. The van der Waals surface area contributed by atoms with Gasteiger partial charge in [-0.15, -0.1) is 0 Å². The van der Waals surface area contributed by atoms with E-state index in [2.05, 4.69) is 4.98 Å². The lowest BCUT2D eigenvalue weighted by atomic mass is 9.88. The van der Waals surface area contributed by atoms with E-state index in [1.54, 1.807) is 24.5 Å². The van der Waals surface area contributed by atoms with Crippen LogP contribution in [0.4, 0.5) is 0 Å². The molecule has 0 fully saturated rings. The number of pyridine rings is 1. The number of allylic oxidation sites excluding steroid dienone is 2. The summed E-state index contributed by atoms with van der Waals surface area (Å²) in [4.78, 5) is 27.7. The smallest absolute Gasteiger partial charge is 0.187 e. The molecule has 0 aliphatic heterocycles. The van der Waals surface area contributed by atoms with Crippen molar-refractivity contribution in [3.8, 4) is 11.1 Å². The third-order valence-corrected chi connectivity index (χ3v) is 2.95. The van der Waals surface area contributed by atoms with Crippen LogP contribution in [-0.4, -0.2) is 16.6 Å². The van der Waals surface area contributed by atoms with Gasteiger partial charge < -0.3 is 0 Å². The van der Waals surface area contributed by atoms with E-state index in [1.165, 1.54) is 12.2 Å². The molecule has 3 nitrogen and oxygen atoms in total. The van der Waals surface area contributed by atoms with Gasteiger partial charge in [-0.3, -0.25) is 14.6 Å². The van der Waals surface area contributed by atoms with Crippen LogP contribution >= 0.6 is 0 Å². The number of aromatic nitrogens is 1. The van der Waals surface area contributed by atoms with Gasteiger partial charge in [0.05, 0.1) is 0 Å². The van der Waals surface area contributed by atoms with E-state index in [-0.39, 0.29) is 11.6 Å². The van der Waals surface area contributed by atoms with Crippen molar-refractivity contribution in [1.29, 1.82) is 0 Å². The maximum atomic E-state index is 12.0. The predicted molar refractivity (Wildman–Crippen MR) is 67.5 cm³/mol. The monoisotopic (exact) mass is 235 g/mol. The molecule has 0 radical (unpaired) electrons. The highest BCUT2D eigenvalue weighted by Crippen LogP contribution is 2.29. The minimum atomic E-state index is -0.128. The second-order valence-electron chi connectivity index (χ2n) is 4.03. The Kier molecular flexibility index (Phi) is 2.38. The number of nitrogens with zero attached hydrogens (tertiary/aromatic N) is 1. The number of benzene rings is 1. The molecule has 18 heavy (non-hydrogen) atoms. The predicted octanol–water partition coefficient (Wildman–Crippen LogP) is 2.68. The van der Waals surface area contributed by atoms with Crippen LogP contribution in [0.2, 0.25) is 0 Å². The average molecular weight is 235 g/mol. The van der Waals surface area contributed by atoms with E-state index in [0.29, 0.717) is 11.1 Å². The molecule has 1 aromatic heterocycles. The van der Waals surface area contributed by atoms with Crippen LogP contribution in [0.15, 0.2) is 54.9 Å². The molecular weight excluding hydrogens is 226 g/mol. The van der Waals surface area contributed by atoms with Crippen molar-refractivity contribution in [2.45, 2.75) is 0 Å². The van der Waals surface area contributed by atoms with E-state index in [0.717, 1.165) is 11.1 Å². The van der Waals surface area contributed by atoms with Crippen molar-refractivity contribution in [1.82, 2.24) is 4.98 Å². The first-order valence-electron chi connectivity index (χ1n) is 5.57. The highest BCUT2D eigenvalue weighted by molar-refractivity contribution is 6.24. The van der Waals surface area contributed by atoms with Crippen LogP contribution in [-0.2, 0) is 0 Å². The van der Waals surface area contributed by atoms with E-state index in [1.807, 2.05) is 18.2 Å². The van der Waals surface area contributed by atoms with Gasteiger partial charge in [0.1, 0.15) is 0 Å². The summed E-state index contributed by atoms with van der Waals surface area (Å²) in [5, 5.41) is 0. The normalized spacial score (nSPS) is 13.6. The lowest BCUT2D eigenvalue weighted by Crippen LogP contribution is -2.12. The first kappa shape index (κ1) is 10.6. The van der Waals surface area contributed by atoms with Gasteiger partial charge in [0, 0.05) is 23.5 Å². The van der Waals surface area contributed by atoms with Crippen LogP contribution in [0.25, 0.3) is 11.1 Å². The maximum absolute atomic E-state index is 12.0. The third kappa shape index (κ3) is 1.57. The second-order valence-corrected chi connectivity index (χ2v) is 4.03. The average Bonchev–Trinajstić information content (AvgIpc) is 2.43. The Morgan fingerprint density at radius 1 is 0.778 bits per heavy atom. The van der Waals surface area contributed by atoms with Gasteiger partial charge in [-0.2, -0.15) is 0 Å². The van der Waals surface area contributed by atoms with Crippen molar-refractivity contribution in [3.05, 3.63) is 66.0 Å². The van der Waals surface area contributed by atoms with Crippen molar-refractivity contribution < 1.29 is 9.59 Å². The van der Waals surface area contributed by atoms with Gasteiger partial charge in [-0.1, -0.05) is 18.2 Å². The van der Waals surface area contributed by atoms with Gasteiger partial charge in [0.25, 0.3) is 0 Å². The molecule has 0 atom stereocenters. The Morgan fingerprint density at radius 3 is 2.22 bits per heavy atom. The Morgan fingerprint density at radius 2 is 1.44 bits per heavy atom. The van der Waals surface area contributed by atoms with Crippen molar-refractivity contribution >= 4 is 11.6 Å². The molecule has 3 rings (SSSR count). The molecule has 1 aromatic carbocycles. The molecular formula is C15H9NO2. The number of hydrogen-bond acceptors (Lipinski definition) is 3. The maximum Gasteiger partial charge on any atom is 0.187 e. The molecule has 2 aromatic rings. The van der Waals surface area contributed by atoms with Crippen molar-refractivity contribution in [2.75, 3.05) is 0 Å². The number of ketones is 2. The van der Waals surface area contributed by atoms with Gasteiger partial charge in [0.15, 0.2) is 11.6 Å². The van der Waals surface area contributed by atoms with E-state index < -0.39 is 0 Å². The lowest BCUT2D eigenvalue weighted by Gasteiger charge is -2.13. The summed E-state index contributed by atoms with van der Waals surface area (Å²) < 4.78 is 0. The lowest BCUT2D eigenvalue weighted by molar-refractivity contribution is 0.0994. The summed E-state index contributed by atoms with van der Waals surface area (Å²) in [6.45, 7) is 0. The van der Waals surface area contributed by atoms with Gasteiger partial charge in [-0.05, 0) is 35.4 Å². The highest BCUT2D eigenvalue weighted by atomic mass is 16.1. The van der Waals surface area contributed by atoms with Crippen LogP contribution < -0.4 is 0 Å². The second kappa shape index (κ2) is 4.04. The summed E-state index contributed by atoms with van der Waals surface area (Å²) >= 11 is 0. The molecule has 1 aliphatic carbocycles. The topological polar surface area (TPSA) is 47.0 Å². The molecule has 1 heterocycles. The molecule has 3 heteroatoms. The zero-order chi connectivity index (χ0) is 12.5. The zero-order valence-electron chi connectivity index (χ0n) is 9.46. The number of rotatable bonds is 1. The summed E-state index contributed by atoms with van der Waals surface area (Å²) in [5.41, 5.74) is 2.61. The zero-order valence-corrected chi connectivity index (χ0v) is 9.46. The molecule has 1 aliphatic rings. The minimum Gasteiger partial charge on any atom is -0.289 e. The number of carbonyl (C=O) groups is 2. The van der Waals surface area contributed by atoms with E-state index >= 15 is 0 Å². The highest BCUT2D eigenvalue weighted by Gasteiger charge is 2.22. The first-order chi connectivity index (χ1) is 8.77. The Labute approximate surface area is 104 Å². The molecule has 0 saturated heterocycles. The summed E-state index contributed by atoms with van der Waals surface area (Å²) in [6.07, 6.45) is 5.98. The number of hydrogen-bond donors (Lipinski definition) is 0. The van der Waals surface area contributed by atoms with Crippen molar-refractivity contribution in [3.63, 3.8) is 0 Å². The van der Waals surface area contributed by atoms with E-state index in [9.17, 15) is 9.59 Å². The van der Waals surface area contributed by atoms with Gasteiger partial charge in [-0.25, -0.2) is 0 Å². The van der Waals surface area contributed by atoms with E-state index in [4.69, 9.17) is 0 Å². The van der Waals surface area contributed by atoms with Crippen LogP contribution in [0.3, 0.4) is 0 Å². The SMILES string of the molecule is O=C1C=CC(=O)c2c1cccc2-c1ccncc1. The van der Waals surface area contributed by atoms with Gasteiger partial charge in [0.2, 0.25) is 0 Å². The molecule has 0 bridgehead atoms. The minimum absolute atomic E-state index is 0.125. The first-order valence-corrected chi connectivity index (χ1v) is 5.57. The van der Waals surface area contributed by atoms with Gasteiger partial charge >= 0.3 is 0 Å². The van der Waals surface area contributed by atoms with Crippen molar-refractivity contribution in [2.24, 2.45) is 0 Å². The molecule has 0 saturated carbocycles. The van der Waals surface area contributed by atoms with Crippen LogP contribution in [0.1, 0.15) is 20.7 Å². The Bertz CT molecular complexity index is 672. The van der Waals surface area contributed by atoms with Crippen LogP contribution in [0.5, 0.6) is 0 Å². The largest absolute Gasteiger partial charge is 0.289 e. The fourth-order valence-electron chi connectivity index (χ4n) is 2.12. The quantitative estimate of drug-likeness (QED) is 0.763. The molecule has 86 valence electrons. The molecule has 0 unspecified atom stereocenters. The Hall–Kier alpha value is -2.55. The number of carbonyl (C=O) groups excluding carboxylic acids is 2. The summed E-state index contributed by atoms with van der Waals surface area (Å²) in [6, 6.07) is 8.97. The molecule has 0 amide bonds. The fraction of sp³-hybridized carbons (Fsp3) is 0. The summed E-state index contributed by atoms with van der Waals surface area (Å²) in [7, 11) is 0. The standard InChI is InChI=1S/C15H9NO2/c17-13-4-5-14(18)15-11(2-1-3-12(13)15)10-6-8-16-9-7-10/h1-9H. The number of fused-ring (bicyclic) bond motifs is 1.